The Morgan fingerprint density at radius 3 is 2.80 bits per heavy atom. The Bertz CT molecular complexity index is 950. The minimum atomic E-state index is -0.606. The number of pyridine rings is 1. The molecule has 1 aromatic carbocycles. The maximum Gasteiger partial charge on any atom is 0.339 e. The van der Waals surface area contributed by atoms with Crippen molar-refractivity contribution in [2.24, 2.45) is 5.73 Å². The van der Waals surface area contributed by atoms with E-state index < -0.39 is 18.4 Å². The number of benzene rings is 1. The minimum absolute atomic E-state index is 0.110. The van der Waals surface area contributed by atoms with Crippen LogP contribution in [0.1, 0.15) is 35.0 Å². The molecule has 1 heterocycles. The fraction of sp³-hybridized carbons (Fsp3) is 0.263. The third-order valence-electron chi connectivity index (χ3n) is 4.24. The number of esters is 1. The number of nitriles is 1. The molecule has 6 heteroatoms. The summed E-state index contributed by atoms with van der Waals surface area (Å²) in [5.74, 6) is -1.18. The number of ether oxygens (including phenoxy) is 1. The highest BCUT2D eigenvalue weighted by molar-refractivity contribution is 6.07. The van der Waals surface area contributed by atoms with Crippen molar-refractivity contribution in [1.29, 1.82) is 5.26 Å². The van der Waals surface area contributed by atoms with Gasteiger partial charge in [0.15, 0.2) is 6.61 Å². The van der Waals surface area contributed by atoms with Gasteiger partial charge in [0.1, 0.15) is 11.6 Å². The van der Waals surface area contributed by atoms with Gasteiger partial charge in [-0.05, 0) is 37.8 Å². The van der Waals surface area contributed by atoms with Crippen LogP contribution < -0.4 is 5.73 Å². The summed E-state index contributed by atoms with van der Waals surface area (Å²) in [4.78, 5) is 29.3. The Hall–Kier alpha value is -3.20. The summed E-state index contributed by atoms with van der Waals surface area (Å²) in [5, 5.41) is 9.67. The molecule has 126 valence electrons. The fourth-order valence-corrected chi connectivity index (χ4v) is 3.09. The zero-order chi connectivity index (χ0) is 18.0. The zero-order valence-electron chi connectivity index (χ0n) is 13.8. The third-order valence-corrected chi connectivity index (χ3v) is 4.24. The molecular weight excluding hydrogens is 318 g/mol. The topological polar surface area (TPSA) is 106 Å². The van der Waals surface area contributed by atoms with Crippen molar-refractivity contribution in [3.8, 4) is 6.07 Å². The molecule has 0 atom stereocenters. The molecule has 2 aromatic rings. The number of allylic oxidation sites excluding steroid dienone is 1. The van der Waals surface area contributed by atoms with E-state index in [9.17, 15) is 9.59 Å². The van der Waals surface area contributed by atoms with Crippen LogP contribution in [0.25, 0.3) is 10.9 Å². The number of ketones is 1. The second-order valence-corrected chi connectivity index (χ2v) is 5.95. The predicted molar refractivity (Wildman–Crippen MR) is 91.6 cm³/mol. The number of hydrogen-bond donors (Lipinski definition) is 1. The second-order valence-electron chi connectivity index (χ2n) is 5.95. The number of carbonyl (C=O) groups is 2. The lowest BCUT2D eigenvalue weighted by atomic mass is 10.0. The molecule has 0 saturated carbocycles. The van der Waals surface area contributed by atoms with E-state index in [1.54, 1.807) is 6.07 Å². The molecule has 0 amide bonds. The van der Waals surface area contributed by atoms with Crippen LogP contribution in [-0.4, -0.2) is 23.3 Å². The Morgan fingerprint density at radius 2 is 2.08 bits per heavy atom. The molecule has 1 aliphatic carbocycles. The molecule has 0 fully saturated rings. The average molecular weight is 335 g/mol. The lowest BCUT2D eigenvalue weighted by Crippen LogP contribution is -2.19. The monoisotopic (exact) mass is 335 g/mol. The Balaban J connectivity index is 1.92. The lowest BCUT2D eigenvalue weighted by Gasteiger charge is -2.12. The van der Waals surface area contributed by atoms with Crippen molar-refractivity contribution in [1.82, 2.24) is 4.98 Å². The molecule has 3 rings (SSSR count). The SMILES string of the molecule is CC(N)=C(C#N)C(=O)COC(=O)c1c2c(nc3ccccc13)CCC2. The van der Waals surface area contributed by atoms with E-state index in [1.165, 1.54) is 6.92 Å². The summed E-state index contributed by atoms with van der Waals surface area (Å²) in [7, 11) is 0. The smallest absolute Gasteiger partial charge is 0.339 e. The number of para-hydroxylation sites is 1. The summed E-state index contributed by atoms with van der Waals surface area (Å²) in [6.45, 7) is 0.948. The van der Waals surface area contributed by atoms with Gasteiger partial charge >= 0.3 is 5.97 Å². The van der Waals surface area contributed by atoms with Crippen molar-refractivity contribution in [3.05, 3.63) is 52.4 Å². The van der Waals surface area contributed by atoms with Gasteiger partial charge in [-0.15, -0.1) is 0 Å². The first-order chi connectivity index (χ1) is 12.0. The number of aromatic nitrogens is 1. The van der Waals surface area contributed by atoms with Crippen LogP contribution in [-0.2, 0) is 22.4 Å². The van der Waals surface area contributed by atoms with Crippen LogP contribution in [0.15, 0.2) is 35.5 Å². The predicted octanol–water partition coefficient (Wildman–Crippen LogP) is 2.21. The second kappa shape index (κ2) is 6.73. The van der Waals surface area contributed by atoms with Gasteiger partial charge in [-0.2, -0.15) is 5.26 Å². The van der Waals surface area contributed by atoms with E-state index in [4.69, 9.17) is 15.7 Å². The molecule has 6 nitrogen and oxygen atoms in total. The first-order valence-electron chi connectivity index (χ1n) is 8.00. The van der Waals surface area contributed by atoms with Gasteiger partial charge in [0.25, 0.3) is 0 Å². The molecule has 0 bridgehead atoms. The zero-order valence-corrected chi connectivity index (χ0v) is 13.8. The number of rotatable bonds is 4. The molecule has 1 aromatic heterocycles. The van der Waals surface area contributed by atoms with E-state index in [0.29, 0.717) is 10.9 Å². The van der Waals surface area contributed by atoms with E-state index >= 15 is 0 Å². The molecule has 0 aliphatic heterocycles. The number of aryl methyl sites for hydroxylation is 1. The van der Waals surface area contributed by atoms with Crippen molar-refractivity contribution < 1.29 is 14.3 Å². The molecule has 0 saturated heterocycles. The number of fused-ring (bicyclic) bond motifs is 2. The van der Waals surface area contributed by atoms with Crippen LogP contribution in [0.4, 0.5) is 0 Å². The van der Waals surface area contributed by atoms with Gasteiger partial charge < -0.3 is 10.5 Å². The van der Waals surface area contributed by atoms with E-state index in [0.717, 1.165) is 36.0 Å². The quantitative estimate of drug-likeness (QED) is 0.521. The van der Waals surface area contributed by atoms with Gasteiger partial charge in [-0.3, -0.25) is 9.78 Å². The van der Waals surface area contributed by atoms with Gasteiger partial charge in [0, 0.05) is 16.8 Å². The van der Waals surface area contributed by atoms with Crippen LogP contribution in [0.2, 0.25) is 0 Å². The molecule has 0 radical (unpaired) electrons. The minimum Gasteiger partial charge on any atom is -0.454 e. The fourth-order valence-electron chi connectivity index (χ4n) is 3.09. The highest BCUT2D eigenvalue weighted by Gasteiger charge is 2.25. The van der Waals surface area contributed by atoms with Gasteiger partial charge in [0.05, 0.1) is 11.1 Å². The van der Waals surface area contributed by atoms with Crippen LogP contribution in [0.5, 0.6) is 0 Å². The van der Waals surface area contributed by atoms with Gasteiger partial charge in [-0.25, -0.2) is 4.79 Å². The summed E-state index contributed by atoms with van der Waals surface area (Å²) in [5.41, 5.74) is 8.43. The first kappa shape index (κ1) is 16.7. The number of Topliss-reactive ketones (excluding diaryl/α,β-unsaturated/α-hetero) is 1. The van der Waals surface area contributed by atoms with Crippen molar-refractivity contribution in [2.45, 2.75) is 26.2 Å². The number of nitrogens with two attached hydrogens (primary N) is 1. The molecule has 2 N–H and O–H groups in total. The van der Waals surface area contributed by atoms with Crippen molar-refractivity contribution in [3.63, 3.8) is 0 Å². The van der Waals surface area contributed by atoms with Crippen LogP contribution >= 0.6 is 0 Å². The molecular formula is C19H17N3O3. The summed E-state index contributed by atoms with van der Waals surface area (Å²) in [6.07, 6.45) is 2.52. The van der Waals surface area contributed by atoms with Crippen molar-refractivity contribution in [2.75, 3.05) is 6.61 Å². The Labute approximate surface area is 144 Å². The number of nitrogens with zero attached hydrogens (tertiary/aromatic N) is 2. The van der Waals surface area contributed by atoms with Crippen LogP contribution in [0, 0.1) is 11.3 Å². The number of hydrogen-bond acceptors (Lipinski definition) is 6. The van der Waals surface area contributed by atoms with E-state index in [-0.39, 0.29) is 11.3 Å². The number of carbonyl (C=O) groups excluding carboxylic acids is 2. The normalized spacial score (nSPS) is 13.8. The molecule has 0 spiro atoms. The van der Waals surface area contributed by atoms with E-state index in [2.05, 4.69) is 4.98 Å². The summed E-state index contributed by atoms with van der Waals surface area (Å²) in [6, 6.07) is 9.11. The highest BCUT2D eigenvalue weighted by atomic mass is 16.5. The maximum absolute atomic E-state index is 12.7. The third kappa shape index (κ3) is 3.09. The van der Waals surface area contributed by atoms with Crippen molar-refractivity contribution >= 4 is 22.7 Å². The first-order valence-corrected chi connectivity index (χ1v) is 8.00. The molecule has 1 aliphatic rings. The Kier molecular flexibility index (Phi) is 4.48. The lowest BCUT2D eigenvalue weighted by molar-refractivity contribution is -0.118. The average Bonchev–Trinajstić information content (AvgIpc) is 3.05. The highest BCUT2D eigenvalue weighted by Crippen LogP contribution is 2.30. The Morgan fingerprint density at radius 1 is 1.32 bits per heavy atom. The summed E-state index contributed by atoms with van der Waals surface area (Å²) >= 11 is 0. The van der Waals surface area contributed by atoms with Gasteiger partial charge in [-0.1, -0.05) is 18.2 Å². The maximum atomic E-state index is 12.7. The largest absolute Gasteiger partial charge is 0.454 e. The van der Waals surface area contributed by atoms with Crippen LogP contribution in [0.3, 0.4) is 0 Å². The van der Waals surface area contributed by atoms with E-state index in [1.807, 2.05) is 24.3 Å². The standard InChI is InChI=1S/C19H17N3O3/c1-11(21)14(9-20)17(23)10-25-19(24)18-12-5-2-3-7-15(12)22-16-8-4-6-13(16)18/h2-3,5,7H,4,6,8,10,21H2,1H3. The summed E-state index contributed by atoms with van der Waals surface area (Å²) < 4.78 is 5.20. The van der Waals surface area contributed by atoms with Gasteiger partial charge in [0.2, 0.25) is 5.78 Å². The molecule has 0 unspecified atom stereocenters. The molecule has 25 heavy (non-hydrogen) atoms.